The monoisotopic (exact) mass is 428 g/mol. The van der Waals surface area contributed by atoms with Crippen molar-refractivity contribution < 1.29 is 9.53 Å². The molecule has 8 nitrogen and oxygen atoms in total. The fourth-order valence-corrected chi connectivity index (χ4v) is 3.86. The van der Waals surface area contributed by atoms with E-state index in [1.165, 1.54) is 12.8 Å². The molecule has 8 heteroatoms. The number of nitrogens with zero attached hydrogens (tertiary/aromatic N) is 5. The van der Waals surface area contributed by atoms with Crippen molar-refractivity contribution in [2.24, 2.45) is 5.10 Å². The number of pyridine rings is 2. The molecule has 0 atom stereocenters. The highest BCUT2D eigenvalue weighted by atomic mass is 16.5. The predicted molar refractivity (Wildman–Crippen MR) is 122 cm³/mol. The molecule has 0 bridgehead atoms. The molecule has 1 fully saturated rings. The topological polar surface area (TPSA) is 82.9 Å². The maximum absolute atomic E-state index is 12.9. The molecule has 162 valence electrons. The van der Waals surface area contributed by atoms with Gasteiger partial charge in [-0.25, -0.2) is 4.98 Å². The zero-order valence-corrected chi connectivity index (χ0v) is 18.0. The van der Waals surface area contributed by atoms with E-state index >= 15 is 0 Å². The van der Waals surface area contributed by atoms with Gasteiger partial charge >= 0.3 is 0 Å². The molecule has 0 spiro atoms. The summed E-state index contributed by atoms with van der Waals surface area (Å²) in [7, 11) is 3.55. The van der Waals surface area contributed by atoms with Gasteiger partial charge in [0.05, 0.1) is 7.11 Å². The average Bonchev–Trinajstić information content (AvgIpc) is 3.60. The van der Waals surface area contributed by atoms with Gasteiger partial charge in [-0.3, -0.25) is 14.8 Å². The first-order valence-electron chi connectivity index (χ1n) is 10.6. The Balaban J connectivity index is 1.37. The molecule has 0 radical (unpaired) electrons. The van der Waals surface area contributed by atoms with Gasteiger partial charge in [-0.2, -0.15) is 5.10 Å². The summed E-state index contributed by atoms with van der Waals surface area (Å²) in [6, 6.07) is 15.7. The second-order valence-electron chi connectivity index (χ2n) is 7.95. The Bertz CT molecular complexity index is 1190. The number of rotatable bonds is 6. The number of hydrogen-bond acceptors (Lipinski definition) is 7. The molecule has 2 aliphatic rings. The number of amides is 1. The van der Waals surface area contributed by atoms with E-state index in [1.807, 2.05) is 54.5 Å². The van der Waals surface area contributed by atoms with E-state index in [1.54, 1.807) is 25.6 Å². The van der Waals surface area contributed by atoms with Crippen molar-refractivity contribution in [3.05, 3.63) is 72.2 Å². The summed E-state index contributed by atoms with van der Waals surface area (Å²) in [6.45, 7) is 0.797. The number of carbonyl (C=O) groups is 1. The van der Waals surface area contributed by atoms with Crippen LogP contribution in [0.1, 0.15) is 28.9 Å². The van der Waals surface area contributed by atoms with Crippen LogP contribution < -0.4 is 10.1 Å². The lowest BCUT2D eigenvalue weighted by Gasteiger charge is -2.19. The molecular weight excluding hydrogens is 404 g/mol. The Morgan fingerprint density at radius 1 is 1.06 bits per heavy atom. The molecular formula is C24H24N6O2. The van der Waals surface area contributed by atoms with Crippen LogP contribution in [0.15, 0.2) is 66.0 Å². The number of ether oxygens (including phenoxy) is 1. The van der Waals surface area contributed by atoms with Gasteiger partial charge in [0.1, 0.15) is 12.4 Å². The van der Waals surface area contributed by atoms with E-state index in [2.05, 4.69) is 25.3 Å². The van der Waals surface area contributed by atoms with Gasteiger partial charge in [-0.15, -0.1) is 0 Å². The lowest BCUT2D eigenvalue weighted by Crippen LogP contribution is -2.32. The SMILES string of the molecule is COc1ncccc1-c1ccnc(C(=O)Nc2cccc(C3=NN(C)CN3C3CC3)c2)c1. The molecule has 1 aliphatic carbocycles. The third kappa shape index (κ3) is 3.99. The Hall–Kier alpha value is -3.94. The lowest BCUT2D eigenvalue weighted by atomic mass is 10.1. The molecule has 3 heterocycles. The third-order valence-electron chi connectivity index (χ3n) is 5.53. The number of hydrazone groups is 1. The average molecular weight is 428 g/mol. The molecule has 1 aliphatic heterocycles. The first kappa shape index (κ1) is 20.0. The van der Waals surface area contributed by atoms with Crippen LogP contribution in [0.5, 0.6) is 5.88 Å². The van der Waals surface area contributed by atoms with Crippen LogP contribution in [0.2, 0.25) is 0 Å². The van der Waals surface area contributed by atoms with Crippen LogP contribution in [-0.4, -0.2) is 58.5 Å². The Labute approximate surface area is 186 Å². The second-order valence-corrected chi connectivity index (χ2v) is 7.95. The van der Waals surface area contributed by atoms with Gasteiger partial charge in [-0.1, -0.05) is 12.1 Å². The Morgan fingerprint density at radius 3 is 2.75 bits per heavy atom. The van der Waals surface area contributed by atoms with Gasteiger partial charge < -0.3 is 15.0 Å². The van der Waals surface area contributed by atoms with E-state index in [0.29, 0.717) is 23.3 Å². The van der Waals surface area contributed by atoms with Gasteiger partial charge in [-0.05, 0) is 54.8 Å². The number of anilines is 1. The van der Waals surface area contributed by atoms with Gasteiger partial charge in [0.15, 0.2) is 5.84 Å². The highest BCUT2D eigenvalue weighted by molar-refractivity contribution is 6.05. The molecule has 1 saturated carbocycles. The molecule has 5 rings (SSSR count). The summed E-state index contributed by atoms with van der Waals surface area (Å²) in [6.07, 6.45) is 5.69. The quantitative estimate of drug-likeness (QED) is 0.648. The molecule has 1 aromatic carbocycles. The number of hydrogen-bond donors (Lipinski definition) is 1. The molecule has 0 unspecified atom stereocenters. The number of aromatic nitrogens is 2. The maximum Gasteiger partial charge on any atom is 0.274 e. The van der Waals surface area contributed by atoms with Crippen molar-refractivity contribution in [1.29, 1.82) is 0 Å². The normalized spacial score (nSPS) is 15.5. The predicted octanol–water partition coefficient (Wildman–Crippen LogP) is 3.43. The van der Waals surface area contributed by atoms with E-state index in [0.717, 1.165) is 29.2 Å². The van der Waals surface area contributed by atoms with Crippen LogP contribution in [-0.2, 0) is 0 Å². The van der Waals surface area contributed by atoms with E-state index in [-0.39, 0.29) is 5.91 Å². The first-order valence-corrected chi connectivity index (χ1v) is 10.6. The van der Waals surface area contributed by atoms with Crippen molar-refractivity contribution in [2.45, 2.75) is 18.9 Å². The standard InChI is InChI=1S/C24H24N6O2/c1-29-15-30(19-8-9-19)22(28-29)17-5-3-6-18(13-17)27-23(31)21-14-16(10-12-25-21)20-7-4-11-26-24(20)32-2/h3-7,10-14,19H,8-9,15H2,1-2H3,(H,27,31). The van der Waals surface area contributed by atoms with Crippen LogP contribution in [0.3, 0.4) is 0 Å². The summed E-state index contributed by atoms with van der Waals surface area (Å²) in [4.78, 5) is 23.8. The van der Waals surface area contributed by atoms with Crippen molar-refractivity contribution in [3.63, 3.8) is 0 Å². The minimum Gasteiger partial charge on any atom is -0.481 e. The molecule has 0 saturated heterocycles. The van der Waals surface area contributed by atoms with Crippen molar-refractivity contribution in [2.75, 3.05) is 26.1 Å². The van der Waals surface area contributed by atoms with Crippen LogP contribution in [0, 0.1) is 0 Å². The summed E-state index contributed by atoms with van der Waals surface area (Å²) in [5.41, 5.74) is 3.62. The number of methoxy groups -OCH3 is 1. The Morgan fingerprint density at radius 2 is 1.94 bits per heavy atom. The molecule has 1 amide bonds. The first-order chi connectivity index (χ1) is 15.6. The highest BCUT2D eigenvalue weighted by Gasteiger charge is 2.35. The zero-order valence-electron chi connectivity index (χ0n) is 18.0. The molecule has 32 heavy (non-hydrogen) atoms. The number of carbonyl (C=O) groups excluding carboxylic acids is 1. The maximum atomic E-state index is 12.9. The minimum atomic E-state index is -0.281. The van der Waals surface area contributed by atoms with Crippen LogP contribution in [0.25, 0.3) is 11.1 Å². The highest BCUT2D eigenvalue weighted by Crippen LogP contribution is 2.31. The van der Waals surface area contributed by atoms with Crippen molar-refractivity contribution >= 4 is 17.4 Å². The summed E-state index contributed by atoms with van der Waals surface area (Å²) < 4.78 is 5.34. The fraction of sp³-hybridized carbons (Fsp3) is 0.250. The number of nitrogens with one attached hydrogen (secondary N) is 1. The largest absolute Gasteiger partial charge is 0.481 e. The van der Waals surface area contributed by atoms with Crippen LogP contribution in [0.4, 0.5) is 5.69 Å². The zero-order chi connectivity index (χ0) is 22.1. The smallest absolute Gasteiger partial charge is 0.274 e. The van der Waals surface area contributed by atoms with E-state index in [4.69, 9.17) is 4.74 Å². The van der Waals surface area contributed by atoms with Crippen molar-refractivity contribution in [1.82, 2.24) is 19.9 Å². The number of benzene rings is 1. The minimum absolute atomic E-state index is 0.281. The lowest BCUT2D eigenvalue weighted by molar-refractivity contribution is 0.102. The van der Waals surface area contributed by atoms with Crippen LogP contribution >= 0.6 is 0 Å². The molecule has 1 N–H and O–H groups in total. The summed E-state index contributed by atoms with van der Waals surface area (Å²) in [5, 5.41) is 9.58. The van der Waals surface area contributed by atoms with Gasteiger partial charge in [0.2, 0.25) is 5.88 Å². The number of amidine groups is 1. The van der Waals surface area contributed by atoms with Gasteiger partial charge in [0, 0.05) is 42.3 Å². The van der Waals surface area contributed by atoms with Gasteiger partial charge in [0.25, 0.3) is 5.91 Å². The summed E-state index contributed by atoms with van der Waals surface area (Å²) in [5.74, 6) is 1.17. The van der Waals surface area contributed by atoms with E-state index < -0.39 is 0 Å². The third-order valence-corrected chi connectivity index (χ3v) is 5.53. The second kappa shape index (κ2) is 8.30. The van der Waals surface area contributed by atoms with Crippen molar-refractivity contribution in [3.8, 4) is 17.0 Å². The molecule has 2 aromatic heterocycles. The summed E-state index contributed by atoms with van der Waals surface area (Å²) >= 11 is 0. The van der Waals surface area contributed by atoms with E-state index in [9.17, 15) is 4.79 Å². The molecule has 3 aromatic rings. The fourth-order valence-electron chi connectivity index (χ4n) is 3.86. The Kier molecular flexibility index (Phi) is 5.18.